The van der Waals surface area contributed by atoms with Crippen LogP contribution in [0.3, 0.4) is 0 Å². The molecule has 1 saturated heterocycles. The smallest absolute Gasteiger partial charge is 0.279 e. The Morgan fingerprint density at radius 1 is 0.960 bits per heavy atom. The summed E-state index contributed by atoms with van der Waals surface area (Å²) in [4.78, 5) is 16.2. The molecule has 2 N–H and O–H groups in total. The van der Waals surface area contributed by atoms with Gasteiger partial charge in [-0.15, -0.1) is 0 Å². The highest BCUT2D eigenvalue weighted by molar-refractivity contribution is 5.93. The second kappa shape index (κ2) is 7.70. The first-order valence-corrected chi connectivity index (χ1v) is 9.05. The predicted molar refractivity (Wildman–Crippen MR) is 104 cm³/mol. The van der Waals surface area contributed by atoms with E-state index in [1.54, 1.807) is 0 Å². The lowest BCUT2D eigenvalue weighted by Gasteiger charge is -2.34. The zero-order chi connectivity index (χ0) is 17.8. The van der Waals surface area contributed by atoms with Crippen molar-refractivity contribution in [2.75, 3.05) is 42.9 Å². The third-order valence-corrected chi connectivity index (χ3v) is 5.08. The van der Waals surface area contributed by atoms with Gasteiger partial charge in [0.05, 0.1) is 26.2 Å². The molecule has 1 aliphatic heterocycles. The van der Waals surface area contributed by atoms with Crippen molar-refractivity contribution < 1.29 is 9.69 Å². The summed E-state index contributed by atoms with van der Waals surface area (Å²) < 4.78 is 0. The number of hydrogen-bond acceptors (Lipinski definition) is 2. The molecule has 2 aromatic rings. The fourth-order valence-electron chi connectivity index (χ4n) is 3.58. The summed E-state index contributed by atoms with van der Waals surface area (Å²) in [6.07, 6.45) is 0. The van der Waals surface area contributed by atoms with Crippen molar-refractivity contribution in [3.63, 3.8) is 0 Å². The van der Waals surface area contributed by atoms with Crippen LogP contribution >= 0.6 is 0 Å². The summed E-state index contributed by atoms with van der Waals surface area (Å²) >= 11 is 0. The Bertz CT molecular complexity index is 728. The predicted octanol–water partition coefficient (Wildman–Crippen LogP) is 1.96. The van der Waals surface area contributed by atoms with Gasteiger partial charge in [-0.3, -0.25) is 4.79 Å². The fourth-order valence-corrected chi connectivity index (χ4v) is 3.58. The van der Waals surface area contributed by atoms with Crippen LogP contribution in [0.5, 0.6) is 0 Å². The van der Waals surface area contributed by atoms with Gasteiger partial charge in [0.2, 0.25) is 0 Å². The van der Waals surface area contributed by atoms with Crippen molar-refractivity contribution in [2.45, 2.75) is 20.8 Å². The largest absolute Gasteiger partial charge is 0.360 e. The standard InChI is InChI=1S/C21H27N3O/c1-16-7-4-5-10-19(16)24-13-11-23(12-14-24)15-20(25)22-21-17(2)8-6-9-18(21)3/h4-10H,11-15H2,1-3H3,(H,22,25)/p+1. The molecule has 0 aromatic heterocycles. The first-order chi connectivity index (χ1) is 12.0. The minimum Gasteiger partial charge on any atom is -0.360 e. The number of carbonyl (C=O) groups is 1. The van der Waals surface area contributed by atoms with Gasteiger partial charge in [0, 0.05) is 11.4 Å². The van der Waals surface area contributed by atoms with E-state index < -0.39 is 0 Å². The minimum atomic E-state index is 0.108. The summed E-state index contributed by atoms with van der Waals surface area (Å²) in [6, 6.07) is 14.6. The Labute approximate surface area is 150 Å². The van der Waals surface area contributed by atoms with Gasteiger partial charge in [0.25, 0.3) is 5.91 Å². The van der Waals surface area contributed by atoms with E-state index >= 15 is 0 Å². The zero-order valence-corrected chi connectivity index (χ0v) is 15.4. The molecule has 25 heavy (non-hydrogen) atoms. The molecular weight excluding hydrogens is 310 g/mol. The van der Waals surface area contributed by atoms with Crippen LogP contribution in [0.1, 0.15) is 16.7 Å². The number of nitrogens with one attached hydrogen (secondary N) is 2. The van der Waals surface area contributed by atoms with E-state index in [0.29, 0.717) is 6.54 Å². The highest BCUT2D eigenvalue weighted by atomic mass is 16.2. The van der Waals surface area contributed by atoms with E-state index in [-0.39, 0.29) is 5.91 Å². The Balaban J connectivity index is 1.54. The van der Waals surface area contributed by atoms with Crippen LogP contribution in [0.15, 0.2) is 42.5 Å². The third kappa shape index (κ3) is 4.20. The van der Waals surface area contributed by atoms with Gasteiger partial charge in [-0.2, -0.15) is 0 Å². The second-order valence-corrected chi connectivity index (χ2v) is 7.02. The van der Waals surface area contributed by atoms with Crippen molar-refractivity contribution in [2.24, 2.45) is 0 Å². The number of aryl methyl sites for hydroxylation is 3. The third-order valence-electron chi connectivity index (χ3n) is 5.08. The molecule has 0 spiro atoms. The first kappa shape index (κ1) is 17.5. The average molecular weight is 338 g/mol. The molecule has 0 atom stereocenters. The lowest BCUT2D eigenvalue weighted by Crippen LogP contribution is -3.15. The number of nitrogens with zero attached hydrogens (tertiary/aromatic N) is 1. The Morgan fingerprint density at radius 3 is 2.20 bits per heavy atom. The molecule has 1 amide bonds. The molecule has 1 fully saturated rings. The van der Waals surface area contributed by atoms with E-state index in [9.17, 15) is 4.79 Å². The number of para-hydroxylation sites is 2. The lowest BCUT2D eigenvalue weighted by molar-refractivity contribution is -0.892. The molecule has 0 aliphatic carbocycles. The lowest BCUT2D eigenvalue weighted by atomic mass is 10.1. The van der Waals surface area contributed by atoms with Crippen molar-refractivity contribution in [3.8, 4) is 0 Å². The van der Waals surface area contributed by atoms with Crippen LogP contribution in [0.25, 0.3) is 0 Å². The molecule has 0 radical (unpaired) electrons. The number of amides is 1. The number of carbonyl (C=O) groups excluding carboxylic acids is 1. The van der Waals surface area contributed by atoms with E-state index in [2.05, 4.69) is 41.4 Å². The van der Waals surface area contributed by atoms with Gasteiger partial charge < -0.3 is 15.1 Å². The van der Waals surface area contributed by atoms with Crippen molar-refractivity contribution >= 4 is 17.3 Å². The van der Waals surface area contributed by atoms with Gasteiger partial charge in [-0.05, 0) is 43.5 Å². The number of quaternary nitrogens is 1. The summed E-state index contributed by atoms with van der Waals surface area (Å²) in [6.45, 7) is 10.8. The maximum atomic E-state index is 12.4. The van der Waals surface area contributed by atoms with Gasteiger partial charge >= 0.3 is 0 Å². The van der Waals surface area contributed by atoms with Crippen LogP contribution < -0.4 is 15.1 Å². The first-order valence-electron chi connectivity index (χ1n) is 9.05. The van der Waals surface area contributed by atoms with Gasteiger partial charge in [-0.25, -0.2) is 0 Å². The molecule has 1 heterocycles. The molecule has 0 saturated carbocycles. The highest BCUT2D eigenvalue weighted by Gasteiger charge is 2.23. The monoisotopic (exact) mass is 338 g/mol. The molecule has 4 heteroatoms. The van der Waals surface area contributed by atoms with Crippen molar-refractivity contribution in [1.29, 1.82) is 0 Å². The minimum absolute atomic E-state index is 0.108. The molecule has 0 unspecified atom stereocenters. The number of piperazine rings is 1. The average Bonchev–Trinajstić information content (AvgIpc) is 2.60. The van der Waals surface area contributed by atoms with Crippen LogP contribution in [-0.4, -0.2) is 38.6 Å². The topological polar surface area (TPSA) is 36.8 Å². The van der Waals surface area contributed by atoms with Crippen LogP contribution in [-0.2, 0) is 4.79 Å². The van der Waals surface area contributed by atoms with E-state index in [1.165, 1.54) is 16.2 Å². The van der Waals surface area contributed by atoms with E-state index in [0.717, 1.165) is 43.0 Å². The molecule has 132 valence electrons. The van der Waals surface area contributed by atoms with Crippen molar-refractivity contribution in [1.82, 2.24) is 0 Å². The second-order valence-electron chi connectivity index (χ2n) is 7.02. The summed E-state index contributed by atoms with van der Waals surface area (Å²) in [5.74, 6) is 0.108. The van der Waals surface area contributed by atoms with Crippen LogP contribution in [0, 0.1) is 20.8 Å². The maximum Gasteiger partial charge on any atom is 0.279 e. The Hall–Kier alpha value is -2.33. The molecule has 4 nitrogen and oxygen atoms in total. The van der Waals surface area contributed by atoms with E-state index in [4.69, 9.17) is 0 Å². The SMILES string of the molecule is Cc1ccccc1N1CC[NH+](CC(=O)Nc2c(C)cccc2C)CC1. The Kier molecular flexibility index (Phi) is 5.39. The Morgan fingerprint density at radius 2 is 1.56 bits per heavy atom. The van der Waals surface area contributed by atoms with Crippen molar-refractivity contribution in [3.05, 3.63) is 59.2 Å². The number of hydrogen-bond donors (Lipinski definition) is 2. The molecule has 3 rings (SSSR count). The van der Waals surface area contributed by atoms with Crippen LogP contribution in [0.4, 0.5) is 11.4 Å². The highest BCUT2D eigenvalue weighted by Crippen LogP contribution is 2.20. The molecule has 1 aliphatic rings. The van der Waals surface area contributed by atoms with Gasteiger partial charge in [-0.1, -0.05) is 36.4 Å². The fraction of sp³-hybridized carbons (Fsp3) is 0.381. The molecular formula is C21H28N3O+. The quantitative estimate of drug-likeness (QED) is 0.894. The summed E-state index contributed by atoms with van der Waals surface area (Å²) in [5.41, 5.74) is 5.84. The molecule has 0 bridgehead atoms. The van der Waals surface area contributed by atoms with Crippen LogP contribution in [0.2, 0.25) is 0 Å². The number of benzene rings is 2. The zero-order valence-electron chi connectivity index (χ0n) is 15.4. The summed E-state index contributed by atoms with van der Waals surface area (Å²) in [7, 11) is 0. The molecule has 2 aromatic carbocycles. The normalized spacial score (nSPS) is 15.2. The van der Waals surface area contributed by atoms with E-state index in [1.807, 2.05) is 32.0 Å². The summed E-state index contributed by atoms with van der Waals surface area (Å²) in [5, 5.41) is 3.10. The number of rotatable bonds is 4. The maximum absolute atomic E-state index is 12.4. The van der Waals surface area contributed by atoms with Gasteiger partial charge in [0.1, 0.15) is 0 Å². The van der Waals surface area contributed by atoms with Gasteiger partial charge in [0.15, 0.2) is 6.54 Å². The number of anilines is 2.